The summed E-state index contributed by atoms with van der Waals surface area (Å²) in [7, 11) is 0. The second-order valence-corrected chi connectivity index (χ2v) is 2.75. The Bertz CT molecular complexity index is 250. The SMILES string of the molecule is CCCc1[nH]c(C=O)cc1C. The highest BCUT2D eigenvalue weighted by Crippen LogP contribution is 2.09. The van der Waals surface area contributed by atoms with Crippen molar-refractivity contribution in [3.05, 3.63) is 23.0 Å². The van der Waals surface area contributed by atoms with Gasteiger partial charge in [-0.1, -0.05) is 13.3 Å². The quantitative estimate of drug-likeness (QED) is 0.659. The number of carbonyl (C=O) groups is 1. The maximum absolute atomic E-state index is 10.3. The Hall–Kier alpha value is -1.05. The fourth-order valence-electron chi connectivity index (χ4n) is 1.20. The minimum Gasteiger partial charge on any atom is -0.356 e. The van der Waals surface area contributed by atoms with Crippen molar-refractivity contribution in [2.45, 2.75) is 26.7 Å². The molecule has 60 valence electrons. The van der Waals surface area contributed by atoms with Crippen molar-refractivity contribution >= 4 is 6.29 Å². The number of H-pyrrole nitrogens is 1. The van der Waals surface area contributed by atoms with E-state index in [-0.39, 0.29) is 0 Å². The zero-order valence-corrected chi connectivity index (χ0v) is 6.98. The third kappa shape index (κ3) is 1.70. The van der Waals surface area contributed by atoms with E-state index in [1.165, 1.54) is 11.3 Å². The van der Waals surface area contributed by atoms with Crippen molar-refractivity contribution in [1.82, 2.24) is 4.98 Å². The maximum Gasteiger partial charge on any atom is 0.166 e. The maximum atomic E-state index is 10.3. The van der Waals surface area contributed by atoms with E-state index in [0.717, 1.165) is 19.1 Å². The summed E-state index contributed by atoms with van der Waals surface area (Å²) in [5, 5.41) is 0. The van der Waals surface area contributed by atoms with Crippen LogP contribution in [0.4, 0.5) is 0 Å². The molecule has 0 spiro atoms. The lowest BCUT2D eigenvalue weighted by atomic mass is 10.2. The van der Waals surface area contributed by atoms with Crippen LogP contribution in [0.15, 0.2) is 6.07 Å². The molecule has 0 radical (unpaired) electrons. The number of carbonyl (C=O) groups excluding carboxylic acids is 1. The Kier molecular flexibility index (Phi) is 2.47. The summed E-state index contributed by atoms with van der Waals surface area (Å²) in [4.78, 5) is 13.4. The summed E-state index contributed by atoms with van der Waals surface area (Å²) < 4.78 is 0. The molecule has 0 fully saturated rings. The van der Waals surface area contributed by atoms with E-state index in [2.05, 4.69) is 11.9 Å². The molecule has 1 N–H and O–H groups in total. The molecular weight excluding hydrogens is 138 g/mol. The van der Waals surface area contributed by atoms with Gasteiger partial charge in [-0.25, -0.2) is 0 Å². The van der Waals surface area contributed by atoms with E-state index < -0.39 is 0 Å². The highest BCUT2D eigenvalue weighted by molar-refractivity contribution is 5.72. The average Bonchev–Trinajstić information content (AvgIpc) is 2.33. The first-order chi connectivity index (χ1) is 5.27. The minimum atomic E-state index is 0.686. The van der Waals surface area contributed by atoms with Crippen molar-refractivity contribution in [3.63, 3.8) is 0 Å². The Morgan fingerprint density at radius 3 is 2.82 bits per heavy atom. The molecule has 0 saturated carbocycles. The third-order valence-corrected chi connectivity index (χ3v) is 1.77. The Balaban J connectivity index is 2.87. The molecule has 1 aromatic heterocycles. The van der Waals surface area contributed by atoms with Gasteiger partial charge in [0, 0.05) is 5.69 Å². The van der Waals surface area contributed by atoms with Crippen LogP contribution < -0.4 is 0 Å². The van der Waals surface area contributed by atoms with Gasteiger partial charge in [0.2, 0.25) is 0 Å². The molecule has 0 amide bonds. The highest BCUT2D eigenvalue weighted by atomic mass is 16.1. The zero-order valence-electron chi connectivity index (χ0n) is 6.98. The number of aromatic nitrogens is 1. The van der Waals surface area contributed by atoms with Gasteiger partial charge >= 0.3 is 0 Å². The van der Waals surface area contributed by atoms with Gasteiger partial charge in [-0.3, -0.25) is 4.79 Å². The van der Waals surface area contributed by atoms with E-state index >= 15 is 0 Å². The predicted molar refractivity (Wildman–Crippen MR) is 44.9 cm³/mol. The van der Waals surface area contributed by atoms with Crippen molar-refractivity contribution in [2.75, 3.05) is 0 Å². The lowest BCUT2D eigenvalue weighted by Crippen LogP contribution is -1.86. The first-order valence-electron chi connectivity index (χ1n) is 3.91. The van der Waals surface area contributed by atoms with Crippen molar-refractivity contribution < 1.29 is 4.79 Å². The molecule has 1 rings (SSSR count). The summed E-state index contributed by atoms with van der Waals surface area (Å²) in [6.07, 6.45) is 2.99. The standard InChI is InChI=1S/C9H13NO/c1-3-4-9-7(2)5-8(6-11)10-9/h5-6,10H,3-4H2,1-2H3. The fraction of sp³-hybridized carbons (Fsp3) is 0.444. The lowest BCUT2D eigenvalue weighted by molar-refractivity contribution is 0.111. The van der Waals surface area contributed by atoms with E-state index in [9.17, 15) is 4.79 Å². The van der Waals surface area contributed by atoms with Crippen molar-refractivity contribution in [2.24, 2.45) is 0 Å². The Labute approximate surface area is 66.6 Å². The molecule has 11 heavy (non-hydrogen) atoms. The van der Waals surface area contributed by atoms with E-state index in [4.69, 9.17) is 0 Å². The van der Waals surface area contributed by atoms with Crippen LogP contribution in [0.5, 0.6) is 0 Å². The van der Waals surface area contributed by atoms with Gasteiger partial charge in [0.25, 0.3) is 0 Å². The third-order valence-electron chi connectivity index (χ3n) is 1.77. The molecule has 0 aromatic carbocycles. The van der Waals surface area contributed by atoms with Gasteiger partial charge in [0.1, 0.15) is 0 Å². The van der Waals surface area contributed by atoms with Gasteiger partial charge in [-0.15, -0.1) is 0 Å². The van der Waals surface area contributed by atoms with E-state index in [1.807, 2.05) is 13.0 Å². The molecule has 0 atom stereocenters. The summed E-state index contributed by atoms with van der Waals surface area (Å²) in [6, 6.07) is 1.89. The molecule has 0 saturated heterocycles. The number of hydrogen-bond acceptors (Lipinski definition) is 1. The minimum absolute atomic E-state index is 0.686. The number of aldehydes is 1. The van der Waals surface area contributed by atoms with Gasteiger partial charge in [0.15, 0.2) is 6.29 Å². The van der Waals surface area contributed by atoms with Crippen molar-refractivity contribution in [1.29, 1.82) is 0 Å². The zero-order chi connectivity index (χ0) is 8.27. The summed E-state index contributed by atoms with van der Waals surface area (Å²) in [6.45, 7) is 4.15. The van der Waals surface area contributed by atoms with Crippen LogP contribution in [-0.4, -0.2) is 11.3 Å². The Morgan fingerprint density at radius 2 is 2.36 bits per heavy atom. The number of aryl methyl sites for hydroxylation is 2. The number of aromatic amines is 1. The molecule has 0 bridgehead atoms. The van der Waals surface area contributed by atoms with E-state index in [1.54, 1.807) is 0 Å². The van der Waals surface area contributed by atoms with Gasteiger partial charge < -0.3 is 4.98 Å². The summed E-state index contributed by atoms with van der Waals surface area (Å²) in [5.74, 6) is 0. The van der Waals surface area contributed by atoms with Crippen molar-refractivity contribution in [3.8, 4) is 0 Å². The van der Waals surface area contributed by atoms with Gasteiger partial charge in [0.05, 0.1) is 5.69 Å². The first-order valence-corrected chi connectivity index (χ1v) is 3.91. The molecule has 0 unspecified atom stereocenters. The summed E-state index contributed by atoms with van der Waals surface area (Å²) >= 11 is 0. The monoisotopic (exact) mass is 151 g/mol. The molecule has 0 aliphatic carbocycles. The van der Waals surface area contributed by atoms with E-state index in [0.29, 0.717) is 5.69 Å². The lowest BCUT2D eigenvalue weighted by Gasteiger charge is -1.93. The normalized spacial score (nSPS) is 10.0. The summed E-state index contributed by atoms with van der Waals surface area (Å²) in [5.41, 5.74) is 3.06. The smallest absolute Gasteiger partial charge is 0.166 e. The van der Waals surface area contributed by atoms with Crippen LogP contribution in [0.2, 0.25) is 0 Å². The Morgan fingerprint density at radius 1 is 1.64 bits per heavy atom. The molecule has 2 heteroatoms. The predicted octanol–water partition coefficient (Wildman–Crippen LogP) is 2.09. The van der Waals surface area contributed by atoms with Crippen LogP contribution in [-0.2, 0) is 6.42 Å². The molecular formula is C9H13NO. The van der Waals surface area contributed by atoms with Gasteiger partial charge in [-0.2, -0.15) is 0 Å². The van der Waals surface area contributed by atoms with Crippen LogP contribution >= 0.6 is 0 Å². The van der Waals surface area contributed by atoms with Crippen LogP contribution in [0.3, 0.4) is 0 Å². The first kappa shape index (κ1) is 8.05. The molecule has 2 nitrogen and oxygen atoms in total. The number of hydrogen-bond donors (Lipinski definition) is 1. The largest absolute Gasteiger partial charge is 0.356 e. The number of nitrogens with one attached hydrogen (secondary N) is 1. The van der Waals surface area contributed by atoms with Crippen LogP contribution in [0, 0.1) is 6.92 Å². The second kappa shape index (κ2) is 3.37. The average molecular weight is 151 g/mol. The number of rotatable bonds is 3. The molecule has 1 aromatic rings. The highest BCUT2D eigenvalue weighted by Gasteiger charge is 2.01. The second-order valence-electron chi connectivity index (χ2n) is 2.75. The van der Waals surface area contributed by atoms with Crippen LogP contribution in [0.25, 0.3) is 0 Å². The molecule has 0 aliphatic rings. The van der Waals surface area contributed by atoms with Crippen LogP contribution in [0.1, 0.15) is 35.1 Å². The fourth-order valence-corrected chi connectivity index (χ4v) is 1.20. The topological polar surface area (TPSA) is 32.9 Å². The molecule has 0 aliphatic heterocycles. The van der Waals surface area contributed by atoms with Gasteiger partial charge in [-0.05, 0) is 25.0 Å². The molecule has 1 heterocycles.